The number of imide groups is 2. The van der Waals surface area contributed by atoms with Gasteiger partial charge in [0.05, 0.1) is 48.6 Å². The van der Waals surface area contributed by atoms with Gasteiger partial charge in [-0.1, -0.05) is 23.8 Å². The van der Waals surface area contributed by atoms with Crippen LogP contribution >= 0.6 is 23.2 Å². The number of allylic oxidation sites excluding steroid dienone is 3. The van der Waals surface area contributed by atoms with Crippen LogP contribution in [0.1, 0.15) is 29.5 Å². The Labute approximate surface area is 322 Å². The molecule has 0 spiro atoms. The van der Waals surface area contributed by atoms with Crippen molar-refractivity contribution in [2.75, 3.05) is 24.0 Å². The number of hydrogen-bond acceptors (Lipinski definition) is 7. The molecule has 3 fully saturated rings. The molecule has 18 heteroatoms. The Hall–Kier alpha value is -5.09. The van der Waals surface area contributed by atoms with Crippen molar-refractivity contribution in [3.05, 3.63) is 94.8 Å². The van der Waals surface area contributed by atoms with Crippen LogP contribution in [-0.4, -0.2) is 52.7 Å². The van der Waals surface area contributed by atoms with Crippen molar-refractivity contribution < 1.29 is 64.5 Å². The minimum absolute atomic E-state index is 0.00874. The first-order chi connectivity index (χ1) is 26.2. The molecule has 3 aromatic rings. The molecule has 0 bridgehead atoms. The van der Waals surface area contributed by atoms with Crippen molar-refractivity contribution in [3.8, 4) is 17.2 Å². The average Bonchev–Trinajstić information content (AvgIpc) is 3.48. The van der Waals surface area contributed by atoms with E-state index in [9.17, 15) is 55.0 Å². The Morgan fingerprint density at radius 2 is 1.36 bits per heavy atom. The van der Waals surface area contributed by atoms with Crippen molar-refractivity contribution in [3.63, 3.8) is 0 Å². The van der Waals surface area contributed by atoms with Crippen LogP contribution in [-0.2, 0) is 31.5 Å². The van der Waals surface area contributed by atoms with E-state index < -0.39 is 98.5 Å². The summed E-state index contributed by atoms with van der Waals surface area (Å²) in [5.74, 6) is -10.6. The van der Waals surface area contributed by atoms with Gasteiger partial charge >= 0.3 is 12.4 Å². The van der Waals surface area contributed by atoms with E-state index in [-0.39, 0.29) is 58.0 Å². The largest absolute Gasteiger partial charge is 0.502 e. The highest BCUT2D eigenvalue weighted by Gasteiger charge is 2.76. The van der Waals surface area contributed by atoms with Gasteiger partial charge in [-0.3, -0.25) is 19.2 Å². The van der Waals surface area contributed by atoms with Gasteiger partial charge in [-0.15, -0.1) is 23.2 Å². The molecule has 4 amide bonds. The molecule has 7 rings (SSSR count). The summed E-state index contributed by atoms with van der Waals surface area (Å²) in [5, 5.41) is 10.4. The molecule has 1 saturated carbocycles. The molecular formula is C38H27Cl2F7N2O7. The minimum Gasteiger partial charge on any atom is -0.502 e. The molecular weight excluding hydrogens is 800 g/mol. The van der Waals surface area contributed by atoms with Gasteiger partial charge in [0.1, 0.15) is 5.82 Å². The highest BCUT2D eigenvalue weighted by Crippen LogP contribution is 2.64. The van der Waals surface area contributed by atoms with Crippen molar-refractivity contribution >= 4 is 64.3 Å². The second-order valence-electron chi connectivity index (χ2n) is 13.7. The number of phenolic OH excluding ortho intramolecular Hbond substituents is 1. The predicted octanol–water partition coefficient (Wildman–Crippen LogP) is 7.90. The van der Waals surface area contributed by atoms with E-state index in [2.05, 4.69) is 0 Å². The van der Waals surface area contributed by atoms with Gasteiger partial charge in [0.15, 0.2) is 21.2 Å². The molecule has 6 atom stereocenters. The van der Waals surface area contributed by atoms with Crippen LogP contribution in [0.4, 0.5) is 42.1 Å². The Morgan fingerprint density at radius 3 is 1.89 bits per heavy atom. The van der Waals surface area contributed by atoms with E-state index in [0.717, 1.165) is 24.3 Å². The molecule has 3 aromatic carbocycles. The number of nitrogens with zero attached hydrogens (tertiary/aromatic N) is 2. The molecule has 9 nitrogen and oxygen atoms in total. The predicted molar refractivity (Wildman–Crippen MR) is 187 cm³/mol. The summed E-state index contributed by atoms with van der Waals surface area (Å²) < 4.78 is 107. The van der Waals surface area contributed by atoms with E-state index in [1.807, 2.05) is 0 Å². The molecule has 294 valence electrons. The number of hydrogen-bond donors (Lipinski definition) is 1. The molecule has 2 saturated heterocycles. The fourth-order valence-electron chi connectivity index (χ4n) is 8.19. The third-order valence-electron chi connectivity index (χ3n) is 10.8. The number of ether oxygens (including phenoxy) is 2. The number of amides is 4. The minimum atomic E-state index is -5.28. The number of anilines is 2. The molecule has 0 radical (unpaired) electrons. The van der Waals surface area contributed by atoms with Crippen molar-refractivity contribution in [1.82, 2.24) is 0 Å². The second-order valence-corrected chi connectivity index (χ2v) is 14.9. The smallest absolute Gasteiger partial charge is 0.416 e. The zero-order valence-electron chi connectivity index (χ0n) is 28.8. The first-order valence-electron chi connectivity index (χ1n) is 16.7. The van der Waals surface area contributed by atoms with Gasteiger partial charge in [-0.25, -0.2) is 14.2 Å². The van der Waals surface area contributed by atoms with Crippen LogP contribution < -0.4 is 19.3 Å². The van der Waals surface area contributed by atoms with Crippen LogP contribution in [0.2, 0.25) is 0 Å². The van der Waals surface area contributed by atoms with E-state index >= 15 is 0 Å². The fraction of sp³-hybridized carbons (Fsp3) is 0.316. The van der Waals surface area contributed by atoms with Crippen LogP contribution in [0.5, 0.6) is 17.2 Å². The number of alkyl halides is 8. The summed E-state index contributed by atoms with van der Waals surface area (Å²) in [6.07, 6.45) is -7.02. The Balaban J connectivity index is 1.37. The number of aromatic hydroxyl groups is 1. The third kappa shape index (κ3) is 5.82. The van der Waals surface area contributed by atoms with E-state index in [1.54, 1.807) is 0 Å². The molecule has 2 aliphatic heterocycles. The Kier molecular flexibility index (Phi) is 9.27. The monoisotopic (exact) mass is 826 g/mol. The van der Waals surface area contributed by atoms with Crippen LogP contribution in [0.3, 0.4) is 0 Å². The maximum absolute atomic E-state index is 14.5. The number of benzene rings is 3. The summed E-state index contributed by atoms with van der Waals surface area (Å²) in [6, 6.07) is 7.50. The Morgan fingerprint density at radius 1 is 0.786 bits per heavy atom. The van der Waals surface area contributed by atoms with Gasteiger partial charge in [-0.05, 0) is 78.9 Å². The fourth-order valence-corrected chi connectivity index (χ4v) is 9.08. The molecule has 4 aliphatic rings. The number of carbonyl (C=O) groups excluding carboxylic acids is 4. The highest BCUT2D eigenvalue weighted by molar-refractivity contribution is 6.58. The number of fused-ring (bicyclic) bond motifs is 4. The number of methoxy groups -OCH3 is 2. The third-order valence-corrected chi connectivity index (χ3v) is 12.2. The molecule has 56 heavy (non-hydrogen) atoms. The average molecular weight is 828 g/mol. The summed E-state index contributed by atoms with van der Waals surface area (Å²) in [7, 11) is 2.57. The normalized spacial score (nSPS) is 27.7. The van der Waals surface area contributed by atoms with Crippen LogP contribution in [0, 0.1) is 29.5 Å². The van der Waals surface area contributed by atoms with Crippen molar-refractivity contribution in [1.29, 1.82) is 0 Å². The maximum atomic E-state index is 14.5. The molecule has 0 aromatic heterocycles. The number of carbonyl (C=O) groups is 4. The summed E-state index contributed by atoms with van der Waals surface area (Å²) >= 11 is 14.5. The quantitative estimate of drug-likeness (QED) is 0.116. The molecule has 2 heterocycles. The Bertz CT molecular complexity index is 2200. The lowest BCUT2D eigenvalue weighted by atomic mass is 9.57. The van der Waals surface area contributed by atoms with Gasteiger partial charge in [0, 0.05) is 5.92 Å². The lowest BCUT2D eigenvalue weighted by Crippen LogP contribution is -2.60. The first-order valence-corrected chi connectivity index (χ1v) is 17.5. The van der Waals surface area contributed by atoms with Crippen molar-refractivity contribution in [2.24, 2.45) is 23.7 Å². The lowest BCUT2D eigenvalue weighted by Gasteiger charge is -2.49. The molecule has 2 aliphatic carbocycles. The lowest BCUT2D eigenvalue weighted by molar-refractivity contribution is -0.143. The molecule has 1 N–H and O–H groups in total. The number of rotatable bonds is 6. The van der Waals surface area contributed by atoms with Gasteiger partial charge in [0.25, 0.3) is 11.8 Å². The number of halogens is 9. The SMILES string of the molecule is COc1cc(C=C[C@H]2C3=CC[C@@H]4C(=O)N(c5cc(C(F)(F)F)cc(C(F)(F)F)c5)C(=O)[C@@H]4[C@@H]3C[C@@]3(Cl)C(=O)N(c4ccc(F)cc4)C(=O)[C@@]23Cl)cc(OC)c1O. The topological polar surface area (TPSA) is 113 Å². The second kappa shape index (κ2) is 13.3. The van der Waals surface area contributed by atoms with Crippen molar-refractivity contribution in [2.45, 2.75) is 34.9 Å². The van der Waals surface area contributed by atoms with E-state index in [4.69, 9.17) is 32.7 Å². The van der Waals surface area contributed by atoms with Gasteiger partial charge < -0.3 is 14.6 Å². The molecule has 0 unspecified atom stereocenters. The summed E-state index contributed by atoms with van der Waals surface area (Å²) in [5.41, 5.74) is -3.97. The van der Waals surface area contributed by atoms with E-state index in [0.29, 0.717) is 10.5 Å². The number of phenols is 1. The van der Waals surface area contributed by atoms with E-state index in [1.165, 1.54) is 44.6 Å². The standard InChI is InChI=1S/C38H27Cl2F7N2O7/c1-55-27-11-17(12-28(56-2)30(27)50)3-10-26-23-8-9-24-29(32(52)48(31(24)51)22-14-18(37(42,43)44)13-19(15-22)38(45,46)47)25(23)16-35(39)33(53)49(34(54)36(26,35)40)21-6-4-20(41)5-7-21/h3-8,10-15,24-26,29,50H,9,16H2,1-2H3/t24-,25+,26-,29-,35+,36-/m0/s1. The zero-order valence-corrected chi connectivity index (χ0v) is 30.4. The summed E-state index contributed by atoms with van der Waals surface area (Å²) in [6.45, 7) is 0. The summed E-state index contributed by atoms with van der Waals surface area (Å²) in [4.78, 5) is 53.2. The highest BCUT2D eigenvalue weighted by atomic mass is 35.5. The van der Waals surface area contributed by atoms with Crippen LogP contribution in [0.15, 0.2) is 72.3 Å². The first kappa shape index (κ1) is 39.2. The van der Waals surface area contributed by atoms with Gasteiger partial charge in [-0.2, -0.15) is 26.3 Å². The van der Waals surface area contributed by atoms with Crippen LogP contribution in [0.25, 0.3) is 6.08 Å². The van der Waals surface area contributed by atoms with Gasteiger partial charge in [0.2, 0.25) is 17.6 Å². The zero-order chi connectivity index (χ0) is 40.9. The maximum Gasteiger partial charge on any atom is 0.416 e.